The lowest BCUT2D eigenvalue weighted by atomic mass is 10.1. The van der Waals surface area contributed by atoms with Crippen LogP contribution in [-0.2, 0) is 0 Å². The van der Waals surface area contributed by atoms with E-state index in [1.54, 1.807) is 13.1 Å². The molecule has 1 heterocycles. The van der Waals surface area contributed by atoms with Crippen molar-refractivity contribution in [2.45, 2.75) is 6.92 Å². The average Bonchev–Trinajstić information content (AvgIpc) is 2.79. The molecule has 0 aliphatic rings. The Kier molecular flexibility index (Phi) is 5.61. The van der Waals surface area contributed by atoms with Crippen LogP contribution < -0.4 is 15.9 Å². The van der Waals surface area contributed by atoms with Crippen LogP contribution in [-0.4, -0.2) is 21.4 Å². The lowest BCUT2D eigenvalue weighted by Gasteiger charge is -2.25. The lowest BCUT2D eigenvalue weighted by molar-refractivity contribution is 0.897. The summed E-state index contributed by atoms with van der Waals surface area (Å²) in [6.45, 7) is 1.59. The summed E-state index contributed by atoms with van der Waals surface area (Å²) in [4.78, 5) is 16.3. The molecule has 0 radical (unpaired) electrons. The van der Waals surface area contributed by atoms with E-state index in [9.17, 15) is 4.79 Å². The third-order valence-electron chi connectivity index (χ3n) is 4.42. The second-order valence-electron chi connectivity index (χ2n) is 6.56. The molecule has 0 fully saturated rings. The number of hydrogen-bond donors (Lipinski definition) is 2. The van der Waals surface area contributed by atoms with Gasteiger partial charge in [0, 0.05) is 17.1 Å². The third kappa shape index (κ3) is 4.41. The van der Waals surface area contributed by atoms with Gasteiger partial charge in [0.05, 0.1) is 6.21 Å². The maximum absolute atomic E-state index is 11.6. The normalized spacial score (nSPS) is 10.8. The topological polar surface area (TPSA) is 86.3 Å². The molecule has 7 nitrogen and oxygen atoms in total. The first kappa shape index (κ1) is 19.1. The standard InChI is InChI=1S/C23H20N6O/c1-17-22(30)25-23(28-26-17)27-24-16-18-12-14-21(15-13-18)29(19-8-4-2-5-9-19)20-10-6-3-7-11-20/h2-16H,1H3,(H2,25,27,28,30)/b24-16-. The molecule has 3 aromatic carbocycles. The van der Waals surface area contributed by atoms with Crippen LogP contribution in [0.3, 0.4) is 0 Å². The van der Waals surface area contributed by atoms with Crippen molar-refractivity contribution in [3.63, 3.8) is 0 Å². The van der Waals surface area contributed by atoms with Crippen molar-refractivity contribution in [1.29, 1.82) is 0 Å². The van der Waals surface area contributed by atoms with Crippen molar-refractivity contribution >= 4 is 29.2 Å². The van der Waals surface area contributed by atoms with Gasteiger partial charge < -0.3 is 4.90 Å². The Morgan fingerprint density at radius 3 is 1.97 bits per heavy atom. The van der Waals surface area contributed by atoms with E-state index in [2.05, 4.69) is 54.9 Å². The van der Waals surface area contributed by atoms with E-state index in [4.69, 9.17) is 0 Å². The van der Waals surface area contributed by atoms with Gasteiger partial charge in [-0.3, -0.25) is 9.78 Å². The molecule has 7 heteroatoms. The monoisotopic (exact) mass is 396 g/mol. The number of hydrazone groups is 1. The smallest absolute Gasteiger partial charge is 0.274 e. The van der Waals surface area contributed by atoms with Gasteiger partial charge in [-0.05, 0) is 48.9 Å². The van der Waals surface area contributed by atoms with Crippen LogP contribution in [0.15, 0.2) is 94.8 Å². The number of anilines is 4. The summed E-state index contributed by atoms with van der Waals surface area (Å²) in [5.41, 5.74) is 6.78. The van der Waals surface area contributed by atoms with Crippen molar-refractivity contribution in [3.05, 3.63) is 107 Å². The molecular formula is C23H20N6O. The molecule has 0 aliphatic heterocycles. The first-order valence-corrected chi connectivity index (χ1v) is 9.44. The number of benzene rings is 3. The van der Waals surface area contributed by atoms with Crippen molar-refractivity contribution < 1.29 is 0 Å². The van der Waals surface area contributed by atoms with Crippen LogP contribution in [0.2, 0.25) is 0 Å². The van der Waals surface area contributed by atoms with Crippen LogP contribution in [0.4, 0.5) is 23.0 Å². The molecule has 0 bridgehead atoms. The Morgan fingerprint density at radius 2 is 1.40 bits per heavy atom. The van der Waals surface area contributed by atoms with Crippen LogP contribution in [0.5, 0.6) is 0 Å². The first-order chi connectivity index (χ1) is 14.7. The number of nitrogens with one attached hydrogen (secondary N) is 2. The summed E-state index contributed by atoms with van der Waals surface area (Å²) in [7, 11) is 0. The fraction of sp³-hybridized carbons (Fsp3) is 0.0435. The van der Waals surface area contributed by atoms with Gasteiger partial charge in [-0.1, -0.05) is 48.5 Å². The minimum absolute atomic E-state index is 0.192. The van der Waals surface area contributed by atoms with E-state index >= 15 is 0 Å². The zero-order chi connectivity index (χ0) is 20.8. The lowest BCUT2D eigenvalue weighted by Crippen LogP contribution is -2.15. The van der Waals surface area contributed by atoms with E-state index in [-0.39, 0.29) is 11.5 Å². The molecule has 0 amide bonds. The molecule has 148 valence electrons. The summed E-state index contributed by atoms with van der Waals surface area (Å²) in [5.74, 6) is 0.192. The molecule has 2 N–H and O–H groups in total. The van der Waals surface area contributed by atoms with E-state index in [1.165, 1.54) is 0 Å². The summed E-state index contributed by atoms with van der Waals surface area (Å²) in [5, 5.41) is 11.7. The van der Waals surface area contributed by atoms with E-state index < -0.39 is 0 Å². The highest BCUT2D eigenvalue weighted by atomic mass is 16.1. The molecular weight excluding hydrogens is 376 g/mol. The molecule has 4 aromatic rings. The van der Waals surface area contributed by atoms with Gasteiger partial charge in [-0.2, -0.15) is 5.10 Å². The van der Waals surface area contributed by atoms with Crippen LogP contribution in [0, 0.1) is 6.92 Å². The zero-order valence-corrected chi connectivity index (χ0v) is 16.4. The molecule has 0 spiro atoms. The van der Waals surface area contributed by atoms with Crippen molar-refractivity contribution in [2.24, 2.45) is 5.10 Å². The number of rotatable bonds is 6. The SMILES string of the molecule is Cc1nnc(N/N=C\c2ccc(N(c3ccccc3)c3ccccc3)cc2)[nH]c1=O. The number of H-pyrrole nitrogens is 1. The Morgan fingerprint density at radius 1 is 0.833 bits per heavy atom. The highest BCUT2D eigenvalue weighted by Crippen LogP contribution is 2.33. The van der Waals surface area contributed by atoms with Crippen LogP contribution in [0.1, 0.15) is 11.3 Å². The van der Waals surface area contributed by atoms with Crippen molar-refractivity contribution in [2.75, 3.05) is 10.3 Å². The Labute approximate surface area is 173 Å². The fourth-order valence-corrected chi connectivity index (χ4v) is 2.92. The number of hydrogen-bond acceptors (Lipinski definition) is 6. The Hall–Kier alpha value is -4.26. The second kappa shape index (κ2) is 8.83. The number of aromatic nitrogens is 3. The summed E-state index contributed by atoms with van der Waals surface area (Å²) in [6, 6.07) is 28.4. The van der Waals surface area contributed by atoms with Crippen LogP contribution >= 0.6 is 0 Å². The fourth-order valence-electron chi connectivity index (χ4n) is 2.92. The first-order valence-electron chi connectivity index (χ1n) is 9.44. The number of aryl methyl sites for hydroxylation is 1. The Bertz CT molecular complexity index is 1150. The minimum Gasteiger partial charge on any atom is -0.311 e. The number of para-hydroxylation sites is 2. The van der Waals surface area contributed by atoms with Gasteiger partial charge in [0.15, 0.2) is 0 Å². The van der Waals surface area contributed by atoms with Crippen molar-refractivity contribution in [1.82, 2.24) is 15.2 Å². The zero-order valence-electron chi connectivity index (χ0n) is 16.4. The predicted octanol–water partition coefficient (Wildman–Crippen LogP) is 4.39. The van der Waals surface area contributed by atoms with Gasteiger partial charge in [-0.15, -0.1) is 10.2 Å². The average molecular weight is 396 g/mol. The highest BCUT2D eigenvalue weighted by molar-refractivity contribution is 5.83. The Balaban J connectivity index is 1.55. The van der Waals surface area contributed by atoms with E-state index in [0.29, 0.717) is 5.69 Å². The van der Waals surface area contributed by atoms with Crippen LogP contribution in [0.25, 0.3) is 0 Å². The largest absolute Gasteiger partial charge is 0.311 e. The number of aromatic amines is 1. The van der Waals surface area contributed by atoms with Gasteiger partial charge in [-0.25, -0.2) is 5.43 Å². The molecule has 0 saturated carbocycles. The van der Waals surface area contributed by atoms with E-state index in [1.807, 2.05) is 60.7 Å². The molecule has 0 unspecified atom stereocenters. The summed E-state index contributed by atoms with van der Waals surface area (Å²) < 4.78 is 0. The molecule has 0 saturated heterocycles. The van der Waals surface area contributed by atoms with Gasteiger partial charge in [0.1, 0.15) is 5.69 Å². The molecule has 30 heavy (non-hydrogen) atoms. The molecule has 0 atom stereocenters. The summed E-state index contributed by atoms with van der Waals surface area (Å²) in [6.07, 6.45) is 1.65. The second-order valence-corrected chi connectivity index (χ2v) is 6.56. The predicted molar refractivity (Wildman–Crippen MR) is 120 cm³/mol. The minimum atomic E-state index is -0.297. The van der Waals surface area contributed by atoms with Gasteiger partial charge in [0.2, 0.25) is 5.95 Å². The molecule has 4 rings (SSSR count). The maximum Gasteiger partial charge on any atom is 0.274 e. The quantitative estimate of drug-likeness (QED) is 0.373. The number of nitrogens with zero attached hydrogens (tertiary/aromatic N) is 4. The summed E-state index contributed by atoms with van der Waals surface area (Å²) >= 11 is 0. The third-order valence-corrected chi connectivity index (χ3v) is 4.42. The van der Waals surface area contributed by atoms with Gasteiger partial charge >= 0.3 is 0 Å². The van der Waals surface area contributed by atoms with Crippen molar-refractivity contribution in [3.8, 4) is 0 Å². The maximum atomic E-state index is 11.6. The highest BCUT2D eigenvalue weighted by Gasteiger charge is 2.11. The van der Waals surface area contributed by atoms with E-state index in [0.717, 1.165) is 22.6 Å². The van der Waals surface area contributed by atoms with Gasteiger partial charge in [0.25, 0.3) is 5.56 Å². The molecule has 0 aliphatic carbocycles. The molecule has 1 aromatic heterocycles.